The number of carbonyl (C=O) groups is 1. The first-order valence-electron chi connectivity index (χ1n) is 8.38. The van der Waals surface area contributed by atoms with Crippen molar-refractivity contribution in [1.29, 1.82) is 0 Å². The molecule has 142 valence electrons. The van der Waals surface area contributed by atoms with Gasteiger partial charge in [-0.1, -0.05) is 18.2 Å². The molecule has 0 saturated heterocycles. The standard InChI is InChI=1S/C20H15BrFN3O2S/c1-27-11-13-18-14(22)5-4-8-17(18)28-19(13)20(26)24-15-6-2-3-7-16(15)25-10-12(21)9-23-25/h2-10H,11H2,1H3,(H,24,26). The highest BCUT2D eigenvalue weighted by Crippen LogP contribution is 2.34. The summed E-state index contributed by atoms with van der Waals surface area (Å²) in [6.07, 6.45) is 3.47. The zero-order valence-corrected chi connectivity index (χ0v) is 17.2. The van der Waals surface area contributed by atoms with Crippen LogP contribution in [0.4, 0.5) is 10.1 Å². The molecule has 0 spiro atoms. The molecule has 8 heteroatoms. The maximum absolute atomic E-state index is 14.4. The van der Waals surface area contributed by atoms with Gasteiger partial charge in [-0.05, 0) is 40.2 Å². The Hall–Kier alpha value is -2.55. The quantitative estimate of drug-likeness (QED) is 0.435. The van der Waals surface area contributed by atoms with E-state index in [4.69, 9.17) is 4.74 Å². The van der Waals surface area contributed by atoms with Gasteiger partial charge in [-0.3, -0.25) is 4.79 Å². The van der Waals surface area contributed by atoms with Gasteiger partial charge in [0, 0.05) is 29.0 Å². The lowest BCUT2D eigenvalue weighted by atomic mass is 10.1. The summed E-state index contributed by atoms with van der Waals surface area (Å²) in [4.78, 5) is 13.5. The highest BCUT2D eigenvalue weighted by Gasteiger charge is 2.21. The van der Waals surface area contributed by atoms with E-state index < -0.39 is 0 Å². The zero-order valence-electron chi connectivity index (χ0n) is 14.8. The molecule has 0 fully saturated rings. The Balaban J connectivity index is 1.74. The number of nitrogens with zero attached hydrogens (tertiary/aromatic N) is 2. The van der Waals surface area contributed by atoms with Gasteiger partial charge in [0.15, 0.2) is 0 Å². The van der Waals surface area contributed by atoms with E-state index in [2.05, 4.69) is 26.3 Å². The van der Waals surface area contributed by atoms with Crippen LogP contribution in [-0.4, -0.2) is 22.8 Å². The lowest BCUT2D eigenvalue weighted by Gasteiger charge is -2.11. The summed E-state index contributed by atoms with van der Waals surface area (Å²) in [5.41, 5.74) is 1.88. The van der Waals surface area contributed by atoms with E-state index in [1.54, 1.807) is 35.3 Å². The van der Waals surface area contributed by atoms with E-state index in [9.17, 15) is 9.18 Å². The number of halogens is 2. The third-order valence-electron chi connectivity index (χ3n) is 4.21. The molecule has 5 nitrogen and oxygen atoms in total. The number of hydrogen-bond donors (Lipinski definition) is 1. The van der Waals surface area contributed by atoms with E-state index in [0.29, 0.717) is 26.2 Å². The SMILES string of the molecule is COCc1c(C(=O)Nc2ccccc2-n2cc(Br)cn2)sc2cccc(F)c12. The molecule has 0 atom stereocenters. The third-order valence-corrected chi connectivity index (χ3v) is 5.81. The van der Waals surface area contributed by atoms with Crippen molar-refractivity contribution in [1.82, 2.24) is 9.78 Å². The van der Waals surface area contributed by atoms with Gasteiger partial charge in [-0.25, -0.2) is 9.07 Å². The maximum atomic E-state index is 14.4. The topological polar surface area (TPSA) is 56.1 Å². The first kappa shape index (κ1) is 18.8. The summed E-state index contributed by atoms with van der Waals surface area (Å²) in [6, 6.07) is 12.2. The molecule has 1 amide bonds. The van der Waals surface area contributed by atoms with Crippen LogP contribution in [0.3, 0.4) is 0 Å². The van der Waals surface area contributed by atoms with Gasteiger partial charge in [-0.2, -0.15) is 5.10 Å². The van der Waals surface area contributed by atoms with E-state index >= 15 is 0 Å². The minimum atomic E-state index is -0.360. The van der Waals surface area contributed by atoms with Crippen LogP contribution in [0.1, 0.15) is 15.2 Å². The molecule has 0 bridgehead atoms. The third kappa shape index (κ3) is 3.46. The van der Waals surface area contributed by atoms with Gasteiger partial charge in [0.05, 0.1) is 33.5 Å². The van der Waals surface area contributed by atoms with Crippen LogP contribution in [0.2, 0.25) is 0 Å². The molecule has 2 aromatic carbocycles. The Morgan fingerprint density at radius 1 is 1.29 bits per heavy atom. The number of methoxy groups -OCH3 is 1. The van der Waals surface area contributed by atoms with Crippen molar-refractivity contribution in [2.75, 3.05) is 12.4 Å². The average Bonchev–Trinajstić information content (AvgIpc) is 3.27. The number of anilines is 1. The molecule has 0 aliphatic heterocycles. The second-order valence-corrected chi connectivity index (χ2v) is 8.00. The van der Waals surface area contributed by atoms with Gasteiger partial charge in [0.25, 0.3) is 5.91 Å². The van der Waals surface area contributed by atoms with Gasteiger partial charge >= 0.3 is 0 Å². The largest absolute Gasteiger partial charge is 0.380 e. The highest BCUT2D eigenvalue weighted by atomic mass is 79.9. The van der Waals surface area contributed by atoms with E-state index in [1.807, 2.05) is 18.2 Å². The van der Waals surface area contributed by atoms with Crippen LogP contribution in [0.25, 0.3) is 15.8 Å². The van der Waals surface area contributed by atoms with Crippen LogP contribution in [0.15, 0.2) is 59.3 Å². The van der Waals surface area contributed by atoms with Crippen LogP contribution < -0.4 is 5.32 Å². The molecule has 0 aliphatic carbocycles. The summed E-state index contributed by atoms with van der Waals surface area (Å²) in [5.74, 6) is -0.673. The van der Waals surface area contributed by atoms with Gasteiger partial charge in [0.1, 0.15) is 5.82 Å². The predicted octanol–water partition coefficient (Wildman–Crippen LogP) is 5.39. The summed E-state index contributed by atoms with van der Waals surface area (Å²) < 4.78 is 22.8. The van der Waals surface area contributed by atoms with Crippen molar-refractivity contribution in [3.63, 3.8) is 0 Å². The molecule has 28 heavy (non-hydrogen) atoms. The molecule has 2 heterocycles. The molecule has 1 N–H and O–H groups in total. The predicted molar refractivity (Wildman–Crippen MR) is 112 cm³/mol. The minimum absolute atomic E-state index is 0.150. The summed E-state index contributed by atoms with van der Waals surface area (Å²) in [6.45, 7) is 0.150. The number of aromatic nitrogens is 2. The number of hydrogen-bond acceptors (Lipinski definition) is 4. The summed E-state index contributed by atoms with van der Waals surface area (Å²) in [7, 11) is 1.52. The van der Waals surface area contributed by atoms with Crippen LogP contribution in [-0.2, 0) is 11.3 Å². The molecule has 0 radical (unpaired) electrons. The number of nitrogens with one attached hydrogen (secondary N) is 1. The normalized spacial score (nSPS) is 11.1. The molecule has 0 unspecified atom stereocenters. The Morgan fingerprint density at radius 3 is 2.86 bits per heavy atom. The monoisotopic (exact) mass is 459 g/mol. The number of thiophene rings is 1. The van der Waals surface area contributed by atoms with Crippen molar-refractivity contribution in [3.05, 3.63) is 75.6 Å². The fourth-order valence-corrected chi connectivity index (χ4v) is 4.43. The van der Waals surface area contributed by atoms with E-state index in [0.717, 1.165) is 10.2 Å². The number of ether oxygens (including phenoxy) is 1. The van der Waals surface area contributed by atoms with Crippen LogP contribution in [0.5, 0.6) is 0 Å². The Morgan fingerprint density at radius 2 is 2.11 bits per heavy atom. The number of fused-ring (bicyclic) bond motifs is 1. The van der Waals surface area contributed by atoms with Crippen molar-refractivity contribution in [2.45, 2.75) is 6.61 Å². The molecular weight excluding hydrogens is 445 g/mol. The van der Waals surface area contributed by atoms with Gasteiger partial charge in [-0.15, -0.1) is 11.3 Å². The van der Waals surface area contributed by atoms with Crippen molar-refractivity contribution in [3.8, 4) is 5.69 Å². The summed E-state index contributed by atoms with van der Waals surface area (Å²) >= 11 is 4.63. The van der Waals surface area contributed by atoms with E-state index in [1.165, 1.54) is 24.5 Å². The van der Waals surface area contributed by atoms with Crippen molar-refractivity contribution in [2.24, 2.45) is 0 Å². The fourth-order valence-electron chi connectivity index (χ4n) is 3.02. The second kappa shape index (κ2) is 7.83. The first-order valence-corrected chi connectivity index (χ1v) is 9.99. The van der Waals surface area contributed by atoms with Gasteiger partial charge < -0.3 is 10.1 Å². The van der Waals surface area contributed by atoms with Crippen molar-refractivity contribution < 1.29 is 13.9 Å². The zero-order chi connectivity index (χ0) is 19.7. The first-order chi connectivity index (χ1) is 13.6. The molecule has 0 aliphatic rings. The molecular formula is C20H15BrFN3O2S. The Labute approximate surface area is 172 Å². The molecule has 2 aromatic heterocycles. The van der Waals surface area contributed by atoms with Crippen molar-refractivity contribution >= 4 is 48.9 Å². The van der Waals surface area contributed by atoms with E-state index in [-0.39, 0.29) is 18.3 Å². The number of rotatable bonds is 5. The van der Waals surface area contributed by atoms with Gasteiger partial charge in [0.2, 0.25) is 0 Å². The molecule has 4 rings (SSSR count). The number of benzene rings is 2. The fraction of sp³-hybridized carbons (Fsp3) is 0.100. The number of para-hydroxylation sites is 2. The summed E-state index contributed by atoms with van der Waals surface area (Å²) in [5, 5.41) is 7.64. The lowest BCUT2D eigenvalue weighted by molar-refractivity contribution is 0.102. The van der Waals surface area contributed by atoms with Crippen LogP contribution >= 0.6 is 27.3 Å². The minimum Gasteiger partial charge on any atom is -0.380 e. The Bertz CT molecular complexity index is 1170. The highest BCUT2D eigenvalue weighted by molar-refractivity contribution is 9.10. The number of amides is 1. The maximum Gasteiger partial charge on any atom is 0.266 e. The Kier molecular flexibility index (Phi) is 5.25. The van der Waals surface area contributed by atoms with Crippen LogP contribution in [0, 0.1) is 5.82 Å². The average molecular weight is 460 g/mol. The second-order valence-electron chi connectivity index (χ2n) is 6.03. The molecule has 4 aromatic rings. The number of carbonyl (C=O) groups excluding carboxylic acids is 1. The smallest absolute Gasteiger partial charge is 0.266 e. The lowest BCUT2D eigenvalue weighted by Crippen LogP contribution is -2.14. The molecule has 0 saturated carbocycles.